The molecule has 4 heteroatoms. The zero-order valence-electron chi connectivity index (χ0n) is 13.5. The molecule has 0 unspecified atom stereocenters. The van der Waals surface area contributed by atoms with Gasteiger partial charge >= 0.3 is 0 Å². The fraction of sp³-hybridized carbons (Fsp3) is 0.0952. The fourth-order valence-corrected chi connectivity index (χ4v) is 2.51. The smallest absolute Gasteiger partial charge is 0.200 e. The Labute approximate surface area is 155 Å². The van der Waals surface area contributed by atoms with E-state index < -0.39 is 0 Å². The van der Waals surface area contributed by atoms with E-state index in [2.05, 4.69) is 15.9 Å². The molecule has 126 valence electrons. The van der Waals surface area contributed by atoms with E-state index in [1.54, 1.807) is 24.3 Å². The molecule has 3 aromatic rings. The van der Waals surface area contributed by atoms with E-state index in [0.717, 1.165) is 15.8 Å². The van der Waals surface area contributed by atoms with Crippen molar-refractivity contribution in [2.45, 2.75) is 6.61 Å². The van der Waals surface area contributed by atoms with Gasteiger partial charge in [-0.2, -0.15) is 0 Å². The quantitative estimate of drug-likeness (QED) is 0.509. The molecular formula is C21H17BrO3. The Morgan fingerprint density at radius 2 is 1.36 bits per heavy atom. The summed E-state index contributed by atoms with van der Waals surface area (Å²) in [4.78, 5) is 12.1. The van der Waals surface area contributed by atoms with Crippen molar-refractivity contribution in [3.63, 3.8) is 0 Å². The first-order chi connectivity index (χ1) is 12.2. The van der Waals surface area contributed by atoms with E-state index in [1.807, 2.05) is 54.6 Å². The molecule has 0 radical (unpaired) electrons. The van der Waals surface area contributed by atoms with Crippen LogP contribution in [0, 0.1) is 0 Å². The van der Waals surface area contributed by atoms with E-state index in [9.17, 15) is 4.79 Å². The van der Waals surface area contributed by atoms with Crippen LogP contribution in [0.25, 0.3) is 0 Å². The molecule has 0 aromatic heterocycles. The van der Waals surface area contributed by atoms with Gasteiger partial charge in [-0.1, -0.05) is 58.4 Å². The molecule has 3 rings (SSSR count). The summed E-state index contributed by atoms with van der Waals surface area (Å²) in [6, 6.07) is 24.5. The Balaban J connectivity index is 1.50. The van der Waals surface area contributed by atoms with Crippen molar-refractivity contribution in [2.24, 2.45) is 0 Å². The van der Waals surface area contributed by atoms with Crippen LogP contribution in [-0.4, -0.2) is 12.4 Å². The number of halogens is 1. The number of ether oxygens (including phenoxy) is 2. The van der Waals surface area contributed by atoms with Crippen molar-refractivity contribution in [3.05, 3.63) is 94.5 Å². The van der Waals surface area contributed by atoms with Gasteiger partial charge in [-0.15, -0.1) is 0 Å². The normalized spacial score (nSPS) is 10.3. The molecule has 3 aromatic carbocycles. The lowest BCUT2D eigenvalue weighted by molar-refractivity contribution is 0.0921. The average molecular weight is 397 g/mol. The third-order valence-electron chi connectivity index (χ3n) is 3.61. The first-order valence-corrected chi connectivity index (χ1v) is 8.68. The Kier molecular flexibility index (Phi) is 5.86. The lowest BCUT2D eigenvalue weighted by atomic mass is 10.1. The summed E-state index contributed by atoms with van der Waals surface area (Å²) in [5.41, 5.74) is 1.74. The van der Waals surface area contributed by atoms with Gasteiger partial charge in [0.1, 0.15) is 18.1 Å². The van der Waals surface area contributed by atoms with Gasteiger partial charge in [-0.25, -0.2) is 0 Å². The molecule has 0 atom stereocenters. The number of rotatable bonds is 7. The Bertz CT molecular complexity index is 812. The molecule has 0 aliphatic heterocycles. The zero-order chi connectivity index (χ0) is 17.5. The Morgan fingerprint density at radius 1 is 0.760 bits per heavy atom. The Hall–Kier alpha value is -2.59. The minimum atomic E-state index is -0.0584. The van der Waals surface area contributed by atoms with Crippen LogP contribution in [0.15, 0.2) is 83.3 Å². The van der Waals surface area contributed by atoms with E-state index in [-0.39, 0.29) is 12.4 Å². The number of hydrogen-bond donors (Lipinski definition) is 0. The molecule has 0 N–H and O–H groups in total. The summed E-state index contributed by atoms with van der Waals surface area (Å²) in [5, 5.41) is 0. The fourth-order valence-electron chi connectivity index (χ4n) is 2.24. The molecule has 0 amide bonds. The molecule has 0 spiro atoms. The maximum Gasteiger partial charge on any atom is 0.200 e. The van der Waals surface area contributed by atoms with Crippen LogP contribution in [0.5, 0.6) is 11.5 Å². The van der Waals surface area contributed by atoms with Crippen LogP contribution in [0.3, 0.4) is 0 Å². The van der Waals surface area contributed by atoms with Gasteiger partial charge in [-0.05, 0) is 42.0 Å². The minimum Gasteiger partial charge on any atom is -0.489 e. The van der Waals surface area contributed by atoms with E-state index in [4.69, 9.17) is 9.47 Å². The highest BCUT2D eigenvalue weighted by Crippen LogP contribution is 2.19. The molecule has 0 aliphatic rings. The van der Waals surface area contributed by atoms with Crippen LogP contribution in [0.4, 0.5) is 0 Å². The highest BCUT2D eigenvalue weighted by atomic mass is 79.9. The summed E-state index contributed by atoms with van der Waals surface area (Å²) >= 11 is 3.35. The van der Waals surface area contributed by atoms with Crippen molar-refractivity contribution >= 4 is 21.7 Å². The van der Waals surface area contributed by atoms with Gasteiger partial charge in [0.25, 0.3) is 0 Å². The number of benzene rings is 3. The maximum absolute atomic E-state index is 12.1. The monoisotopic (exact) mass is 396 g/mol. The second-order valence-corrected chi connectivity index (χ2v) is 6.38. The molecule has 25 heavy (non-hydrogen) atoms. The maximum atomic E-state index is 12.1. The first-order valence-electron chi connectivity index (χ1n) is 7.89. The lowest BCUT2D eigenvalue weighted by Crippen LogP contribution is -2.11. The Morgan fingerprint density at radius 3 is 2.00 bits per heavy atom. The van der Waals surface area contributed by atoms with Crippen LogP contribution in [-0.2, 0) is 6.61 Å². The first kappa shape index (κ1) is 17.2. The average Bonchev–Trinajstić information content (AvgIpc) is 2.67. The predicted molar refractivity (Wildman–Crippen MR) is 101 cm³/mol. The predicted octanol–water partition coefficient (Wildman–Crippen LogP) is 5.29. The molecular weight excluding hydrogens is 380 g/mol. The summed E-state index contributed by atoms with van der Waals surface area (Å²) in [6.07, 6.45) is 0. The van der Waals surface area contributed by atoms with Gasteiger partial charge < -0.3 is 9.47 Å². The zero-order valence-corrected chi connectivity index (χ0v) is 15.1. The summed E-state index contributed by atoms with van der Waals surface area (Å²) in [6.45, 7) is 0.523. The highest BCUT2D eigenvalue weighted by Gasteiger charge is 2.07. The second kappa shape index (κ2) is 8.49. The van der Waals surface area contributed by atoms with Crippen molar-refractivity contribution in [1.82, 2.24) is 0 Å². The van der Waals surface area contributed by atoms with Crippen LogP contribution >= 0.6 is 15.9 Å². The number of hydrogen-bond acceptors (Lipinski definition) is 3. The molecule has 0 heterocycles. The summed E-state index contributed by atoms with van der Waals surface area (Å²) in [5.74, 6) is 1.34. The van der Waals surface area contributed by atoms with Crippen molar-refractivity contribution < 1.29 is 14.3 Å². The van der Waals surface area contributed by atoms with Crippen molar-refractivity contribution in [1.29, 1.82) is 0 Å². The molecule has 0 aliphatic carbocycles. The second-order valence-electron chi connectivity index (χ2n) is 5.46. The van der Waals surface area contributed by atoms with Gasteiger partial charge in [0, 0.05) is 10.0 Å². The summed E-state index contributed by atoms with van der Waals surface area (Å²) < 4.78 is 12.2. The van der Waals surface area contributed by atoms with Crippen molar-refractivity contribution in [2.75, 3.05) is 6.61 Å². The lowest BCUT2D eigenvalue weighted by Gasteiger charge is -2.09. The van der Waals surface area contributed by atoms with Gasteiger partial charge in [-0.3, -0.25) is 4.79 Å². The van der Waals surface area contributed by atoms with E-state index in [0.29, 0.717) is 17.9 Å². The number of ketones is 1. The van der Waals surface area contributed by atoms with E-state index >= 15 is 0 Å². The molecule has 0 fully saturated rings. The van der Waals surface area contributed by atoms with Crippen molar-refractivity contribution in [3.8, 4) is 11.5 Å². The van der Waals surface area contributed by atoms with Gasteiger partial charge in [0.15, 0.2) is 12.4 Å². The van der Waals surface area contributed by atoms with Gasteiger partial charge in [0.2, 0.25) is 0 Å². The molecule has 0 bridgehead atoms. The SMILES string of the molecule is O=C(COc1ccc(OCc2ccccc2)cc1)c1ccc(Br)cc1. The number of carbonyl (C=O) groups excluding carboxylic acids is 1. The number of carbonyl (C=O) groups is 1. The third-order valence-corrected chi connectivity index (χ3v) is 4.14. The summed E-state index contributed by atoms with van der Waals surface area (Å²) in [7, 11) is 0. The highest BCUT2D eigenvalue weighted by molar-refractivity contribution is 9.10. The van der Waals surface area contributed by atoms with Crippen LogP contribution < -0.4 is 9.47 Å². The molecule has 0 saturated carbocycles. The van der Waals surface area contributed by atoms with Gasteiger partial charge in [0.05, 0.1) is 0 Å². The third kappa shape index (κ3) is 5.19. The molecule has 3 nitrogen and oxygen atoms in total. The standard InChI is InChI=1S/C21H17BrO3/c22-18-8-6-17(7-9-18)21(23)15-25-20-12-10-19(11-13-20)24-14-16-4-2-1-3-5-16/h1-13H,14-15H2. The topological polar surface area (TPSA) is 35.5 Å². The number of Topliss-reactive ketones (excluding diaryl/α,β-unsaturated/α-hetero) is 1. The van der Waals surface area contributed by atoms with Crippen LogP contribution in [0.1, 0.15) is 15.9 Å². The molecule has 0 saturated heterocycles. The van der Waals surface area contributed by atoms with Crippen LogP contribution in [0.2, 0.25) is 0 Å². The van der Waals surface area contributed by atoms with E-state index in [1.165, 1.54) is 0 Å². The minimum absolute atomic E-state index is 0.00581. The largest absolute Gasteiger partial charge is 0.489 e.